The molecule has 0 saturated heterocycles. The van der Waals surface area contributed by atoms with Crippen LogP contribution in [0.4, 0.5) is 0 Å². The number of benzene rings is 3. The first-order chi connectivity index (χ1) is 11.9. The maximum absolute atomic E-state index is 3.60. The first-order valence-corrected chi connectivity index (χ1v) is 11.9. The molecule has 3 aromatic carbocycles. The van der Waals surface area contributed by atoms with Crippen LogP contribution in [0.25, 0.3) is 0 Å². The minimum absolute atomic E-state index is 0. The van der Waals surface area contributed by atoms with E-state index in [1.54, 1.807) is 0 Å². The normalized spacial score (nSPS) is 11.6. The van der Waals surface area contributed by atoms with Gasteiger partial charge in [0.05, 0.1) is 0 Å². The Kier molecular flexibility index (Phi) is 8.36. The number of hydrogen-bond donors (Lipinski definition) is 0. The number of alkyl halides is 1. The molecular formula is C22H25Br2P. The summed E-state index contributed by atoms with van der Waals surface area (Å²) in [6, 6.07) is 33.5. The third-order valence-electron chi connectivity index (χ3n) is 4.74. The first kappa shape index (κ1) is 20.4. The molecule has 0 aliphatic rings. The van der Waals surface area contributed by atoms with Crippen LogP contribution in [0.15, 0.2) is 91.0 Å². The zero-order chi connectivity index (χ0) is 16.7. The Labute approximate surface area is 170 Å². The van der Waals surface area contributed by atoms with Gasteiger partial charge in [-0.15, -0.1) is 17.0 Å². The van der Waals surface area contributed by atoms with Crippen molar-refractivity contribution in [2.45, 2.75) is 12.8 Å². The molecule has 0 aliphatic heterocycles. The summed E-state index contributed by atoms with van der Waals surface area (Å²) in [5.41, 5.74) is 0. The molecule has 0 atom stereocenters. The number of unbranched alkanes of at least 4 members (excludes halogenated alkanes) is 1. The fourth-order valence-corrected chi connectivity index (χ4v) is 8.91. The van der Waals surface area contributed by atoms with Gasteiger partial charge in [-0.25, -0.2) is 0 Å². The van der Waals surface area contributed by atoms with E-state index >= 15 is 0 Å². The van der Waals surface area contributed by atoms with Gasteiger partial charge in [-0.1, -0.05) is 0 Å². The fourth-order valence-electron chi connectivity index (χ4n) is 3.59. The van der Waals surface area contributed by atoms with Crippen molar-refractivity contribution >= 4 is 56.1 Å². The molecule has 0 fully saturated rings. The van der Waals surface area contributed by atoms with Crippen molar-refractivity contribution in [2.75, 3.05) is 11.5 Å². The molecule has 0 bridgehead atoms. The van der Waals surface area contributed by atoms with Crippen molar-refractivity contribution < 1.29 is 0 Å². The van der Waals surface area contributed by atoms with E-state index in [4.69, 9.17) is 0 Å². The SMILES string of the molecule is Br.BrCCCC[PH](c1ccccc1)(c1ccccc1)c1ccccc1. The van der Waals surface area contributed by atoms with Gasteiger partial charge in [-0.3, -0.25) is 0 Å². The van der Waals surface area contributed by atoms with E-state index < -0.39 is 7.26 Å². The van der Waals surface area contributed by atoms with Gasteiger partial charge < -0.3 is 0 Å². The monoisotopic (exact) mass is 478 g/mol. The molecule has 0 aliphatic carbocycles. The zero-order valence-corrected chi connectivity index (χ0v) is 18.6. The molecular weight excluding hydrogens is 455 g/mol. The summed E-state index contributed by atoms with van der Waals surface area (Å²) >= 11 is 3.60. The van der Waals surface area contributed by atoms with Gasteiger partial charge in [0.25, 0.3) is 0 Å². The third-order valence-corrected chi connectivity index (χ3v) is 10.4. The third kappa shape index (κ3) is 4.61. The number of halogens is 2. The number of hydrogen-bond acceptors (Lipinski definition) is 0. The fraction of sp³-hybridized carbons (Fsp3) is 0.182. The molecule has 132 valence electrons. The summed E-state index contributed by atoms with van der Waals surface area (Å²) in [7, 11) is -1.98. The second-order valence-corrected chi connectivity index (χ2v) is 11.0. The van der Waals surface area contributed by atoms with Crippen molar-refractivity contribution in [2.24, 2.45) is 0 Å². The van der Waals surface area contributed by atoms with Gasteiger partial charge in [0, 0.05) is 0 Å². The zero-order valence-electron chi connectivity index (χ0n) is 14.3. The van der Waals surface area contributed by atoms with Crippen molar-refractivity contribution in [3.05, 3.63) is 91.0 Å². The second-order valence-electron chi connectivity index (χ2n) is 6.15. The Morgan fingerprint density at radius 3 is 1.24 bits per heavy atom. The van der Waals surface area contributed by atoms with E-state index in [1.807, 2.05) is 0 Å². The summed E-state index contributed by atoms with van der Waals surface area (Å²) in [5.74, 6) is 0. The summed E-state index contributed by atoms with van der Waals surface area (Å²) < 4.78 is 0. The molecule has 0 nitrogen and oxygen atoms in total. The number of rotatable bonds is 7. The molecule has 0 radical (unpaired) electrons. The predicted molar refractivity (Wildman–Crippen MR) is 125 cm³/mol. The van der Waals surface area contributed by atoms with E-state index in [-0.39, 0.29) is 17.0 Å². The van der Waals surface area contributed by atoms with Crippen molar-refractivity contribution in [1.82, 2.24) is 0 Å². The summed E-state index contributed by atoms with van der Waals surface area (Å²) in [4.78, 5) is 0. The second kappa shape index (κ2) is 10.3. The maximum atomic E-state index is 3.60. The summed E-state index contributed by atoms with van der Waals surface area (Å²) in [5, 5.41) is 5.61. The molecule has 0 saturated carbocycles. The van der Waals surface area contributed by atoms with E-state index in [0.717, 1.165) is 5.33 Å². The van der Waals surface area contributed by atoms with Gasteiger partial charge in [0.1, 0.15) is 0 Å². The van der Waals surface area contributed by atoms with Crippen LogP contribution in [0.5, 0.6) is 0 Å². The summed E-state index contributed by atoms with van der Waals surface area (Å²) in [6.07, 6.45) is 3.72. The van der Waals surface area contributed by atoms with Crippen LogP contribution in [0.2, 0.25) is 0 Å². The summed E-state index contributed by atoms with van der Waals surface area (Å²) in [6.45, 7) is 0. The van der Waals surface area contributed by atoms with Crippen LogP contribution in [-0.2, 0) is 0 Å². The standard InChI is InChI=1S/C22H24BrP.BrH/c23-18-10-11-19-24(20-12-4-1-5-13-20,21-14-6-2-7-15-21)22-16-8-3-9-17-22;/h1-9,12-17,24H,10-11,18-19H2;1H. The Balaban J connectivity index is 0.00000225. The van der Waals surface area contributed by atoms with Crippen molar-refractivity contribution in [3.63, 3.8) is 0 Å². The Morgan fingerprint density at radius 1 is 0.560 bits per heavy atom. The van der Waals surface area contributed by atoms with E-state index in [2.05, 4.69) is 107 Å². The van der Waals surface area contributed by atoms with E-state index in [9.17, 15) is 0 Å². The van der Waals surface area contributed by atoms with Crippen LogP contribution in [0.1, 0.15) is 12.8 Å². The Hall–Kier alpha value is -0.950. The minimum atomic E-state index is -1.98. The van der Waals surface area contributed by atoms with Gasteiger partial charge in [0.15, 0.2) is 0 Å². The Bertz CT molecular complexity index is 633. The molecule has 3 heteroatoms. The topological polar surface area (TPSA) is 0 Å². The van der Waals surface area contributed by atoms with Gasteiger partial charge in [0.2, 0.25) is 0 Å². The van der Waals surface area contributed by atoms with Gasteiger partial charge in [-0.05, 0) is 0 Å². The van der Waals surface area contributed by atoms with Crippen LogP contribution < -0.4 is 15.9 Å². The predicted octanol–water partition coefficient (Wildman–Crippen LogP) is 5.47. The molecule has 0 spiro atoms. The molecule has 0 unspecified atom stereocenters. The molecule has 0 N–H and O–H groups in total. The molecule has 3 rings (SSSR count). The molecule has 0 amide bonds. The quantitative estimate of drug-likeness (QED) is 0.239. The van der Waals surface area contributed by atoms with E-state index in [0.29, 0.717) is 0 Å². The molecule has 3 aromatic rings. The van der Waals surface area contributed by atoms with Crippen molar-refractivity contribution in [3.8, 4) is 0 Å². The Morgan fingerprint density at radius 2 is 0.920 bits per heavy atom. The van der Waals surface area contributed by atoms with Gasteiger partial charge >= 0.3 is 154 Å². The van der Waals surface area contributed by atoms with Crippen LogP contribution in [0, 0.1) is 0 Å². The average molecular weight is 480 g/mol. The molecule has 25 heavy (non-hydrogen) atoms. The molecule has 0 heterocycles. The van der Waals surface area contributed by atoms with E-state index in [1.165, 1.54) is 34.9 Å². The molecule has 0 aromatic heterocycles. The van der Waals surface area contributed by atoms with Crippen molar-refractivity contribution in [1.29, 1.82) is 0 Å². The van der Waals surface area contributed by atoms with Crippen LogP contribution in [0.3, 0.4) is 0 Å². The van der Waals surface area contributed by atoms with Crippen LogP contribution in [-0.4, -0.2) is 11.5 Å². The average Bonchev–Trinajstić information content (AvgIpc) is 2.68. The van der Waals surface area contributed by atoms with Gasteiger partial charge in [-0.2, -0.15) is 0 Å². The first-order valence-electron chi connectivity index (χ1n) is 8.60. The van der Waals surface area contributed by atoms with Crippen LogP contribution >= 0.6 is 40.2 Å².